The van der Waals surface area contributed by atoms with Crippen LogP contribution in [0.25, 0.3) is 22.2 Å². The predicted molar refractivity (Wildman–Crippen MR) is 100.0 cm³/mol. The Morgan fingerprint density at radius 3 is 2.67 bits per heavy atom. The number of hydrogen-bond acceptors (Lipinski definition) is 4. The Bertz CT molecular complexity index is 1100. The van der Waals surface area contributed by atoms with Crippen LogP contribution in [0, 0.1) is 5.82 Å². The lowest BCUT2D eigenvalue weighted by Crippen LogP contribution is -2.06. The van der Waals surface area contributed by atoms with Gasteiger partial charge in [0.1, 0.15) is 17.9 Å². The molecule has 4 aromatic rings. The van der Waals surface area contributed by atoms with Gasteiger partial charge in [-0.15, -0.1) is 0 Å². The molecule has 6 heteroatoms. The van der Waals surface area contributed by atoms with Crippen LogP contribution >= 0.6 is 11.6 Å². The maximum absolute atomic E-state index is 13.8. The second-order valence-corrected chi connectivity index (χ2v) is 6.29. The summed E-state index contributed by atoms with van der Waals surface area (Å²) >= 11 is 5.96. The van der Waals surface area contributed by atoms with Gasteiger partial charge in [-0.1, -0.05) is 53.2 Å². The van der Waals surface area contributed by atoms with Crippen LogP contribution in [0.15, 0.2) is 71.3 Å². The number of rotatable bonds is 4. The van der Waals surface area contributed by atoms with E-state index in [1.807, 2.05) is 30.3 Å². The van der Waals surface area contributed by atoms with Gasteiger partial charge in [-0.25, -0.2) is 9.18 Å². The van der Waals surface area contributed by atoms with Crippen LogP contribution in [0.5, 0.6) is 0 Å². The van der Waals surface area contributed by atoms with E-state index in [1.165, 1.54) is 12.1 Å². The first-order valence-electron chi connectivity index (χ1n) is 8.18. The van der Waals surface area contributed by atoms with Crippen molar-refractivity contribution in [2.75, 3.05) is 0 Å². The molecule has 27 heavy (non-hydrogen) atoms. The van der Waals surface area contributed by atoms with Crippen LogP contribution in [0.4, 0.5) is 4.39 Å². The first-order valence-corrected chi connectivity index (χ1v) is 8.56. The quantitative estimate of drug-likeness (QED) is 0.429. The summed E-state index contributed by atoms with van der Waals surface area (Å²) in [5.74, 6) is -0.537. The Hall–Kier alpha value is -3.18. The molecule has 0 amide bonds. The number of fused-ring (bicyclic) bond motifs is 1. The van der Waals surface area contributed by atoms with E-state index in [9.17, 15) is 9.18 Å². The zero-order chi connectivity index (χ0) is 18.8. The van der Waals surface area contributed by atoms with Gasteiger partial charge < -0.3 is 9.26 Å². The Kier molecular flexibility index (Phi) is 4.60. The fourth-order valence-electron chi connectivity index (χ4n) is 2.76. The average Bonchev–Trinajstić information content (AvgIpc) is 3.11. The molecule has 0 saturated heterocycles. The molecule has 3 aromatic carbocycles. The molecule has 0 N–H and O–H groups in total. The van der Waals surface area contributed by atoms with Gasteiger partial charge in [0.25, 0.3) is 0 Å². The largest absolute Gasteiger partial charge is 0.457 e. The summed E-state index contributed by atoms with van der Waals surface area (Å²) in [6, 6.07) is 18.7. The standard InChI is InChI=1S/C21H13ClFNO3/c22-17-7-4-8-18(23)16(17)12-26-21(25)14-9-10-19-15(11-14)20(27-24-19)13-5-2-1-3-6-13/h1-11H,12H2. The molecule has 1 aromatic heterocycles. The van der Waals surface area contributed by atoms with Gasteiger partial charge in [-0.2, -0.15) is 0 Å². The number of carbonyl (C=O) groups excluding carboxylic acids is 1. The monoisotopic (exact) mass is 381 g/mol. The van der Waals surface area contributed by atoms with E-state index in [2.05, 4.69) is 5.16 Å². The highest BCUT2D eigenvalue weighted by molar-refractivity contribution is 6.31. The van der Waals surface area contributed by atoms with Gasteiger partial charge >= 0.3 is 5.97 Å². The Labute approximate surface area is 159 Å². The minimum Gasteiger partial charge on any atom is -0.457 e. The van der Waals surface area contributed by atoms with E-state index < -0.39 is 11.8 Å². The molecule has 4 rings (SSSR count). The number of hydrogen-bond donors (Lipinski definition) is 0. The van der Waals surface area contributed by atoms with E-state index in [0.717, 1.165) is 5.56 Å². The highest BCUT2D eigenvalue weighted by atomic mass is 35.5. The topological polar surface area (TPSA) is 52.3 Å². The number of nitrogens with zero attached hydrogens (tertiary/aromatic N) is 1. The van der Waals surface area contributed by atoms with Crippen molar-refractivity contribution in [3.05, 3.63) is 88.7 Å². The summed E-state index contributed by atoms with van der Waals surface area (Å²) in [4.78, 5) is 12.4. The van der Waals surface area contributed by atoms with E-state index in [4.69, 9.17) is 20.9 Å². The third kappa shape index (κ3) is 3.41. The normalized spacial score (nSPS) is 10.9. The zero-order valence-electron chi connectivity index (χ0n) is 14.0. The highest BCUT2D eigenvalue weighted by Crippen LogP contribution is 2.29. The number of aromatic nitrogens is 1. The Balaban J connectivity index is 1.61. The molecule has 0 unspecified atom stereocenters. The molecule has 0 aliphatic heterocycles. The van der Waals surface area contributed by atoms with Crippen LogP contribution in [0.2, 0.25) is 5.02 Å². The minimum absolute atomic E-state index is 0.142. The maximum Gasteiger partial charge on any atom is 0.338 e. The van der Waals surface area contributed by atoms with Gasteiger partial charge in [0.2, 0.25) is 0 Å². The first-order chi connectivity index (χ1) is 13.1. The number of carbonyl (C=O) groups is 1. The fraction of sp³-hybridized carbons (Fsp3) is 0.0476. The van der Waals surface area contributed by atoms with E-state index in [-0.39, 0.29) is 17.2 Å². The molecule has 4 nitrogen and oxygen atoms in total. The van der Waals surface area contributed by atoms with Crippen LogP contribution in [0.1, 0.15) is 15.9 Å². The zero-order valence-corrected chi connectivity index (χ0v) is 14.7. The number of halogens is 2. The lowest BCUT2D eigenvalue weighted by molar-refractivity contribution is 0.0469. The number of benzene rings is 3. The van der Waals surface area contributed by atoms with Crippen molar-refractivity contribution < 1.29 is 18.4 Å². The minimum atomic E-state index is -0.587. The van der Waals surface area contributed by atoms with E-state index in [1.54, 1.807) is 24.3 Å². The van der Waals surface area contributed by atoms with E-state index >= 15 is 0 Å². The molecule has 0 aliphatic rings. The van der Waals surface area contributed by atoms with Gasteiger partial charge in [0, 0.05) is 11.1 Å². The predicted octanol–water partition coefficient (Wildman–Crippen LogP) is 5.64. The van der Waals surface area contributed by atoms with Crippen LogP contribution in [0.3, 0.4) is 0 Å². The van der Waals surface area contributed by atoms with Gasteiger partial charge in [0.15, 0.2) is 5.76 Å². The Morgan fingerprint density at radius 1 is 1.07 bits per heavy atom. The lowest BCUT2D eigenvalue weighted by atomic mass is 10.1. The molecule has 0 spiro atoms. The van der Waals surface area contributed by atoms with Crippen LogP contribution in [-0.2, 0) is 11.3 Å². The molecule has 0 radical (unpaired) electrons. The average molecular weight is 382 g/mol. The molecule has 134 valence electrons. The van der Waals surface area contributed by atoms with Crippen LogP contribution in [-0.4, -0.2) is 11.1 Å². The van der Waals surface area contributed by atoms with Crippen molar-refractivity contribution in [2.24, 2.45) is 0 Å². The molecule has 0 atom stereocenters. The summed E-state index contributed by atoms with van der Waals surface area (Å²) in [5.41, 5.74) is 1.94. The van der Waals surface area contributed by atoms with Crippen molar-refractivity contribution in [3.8, 4) is 11.3 Å². The van der Waals surface area contributed by atoms with Gasteiger partial charge in [0.05, 0.1) is 16.0 Å². The summed E-state index contributed by atoms with van der Waals surface area (Å²) in [7, 11) is 0. The molecule has 0 fully saturated rings. The molecule has 0 bridgehead atoms. The smallest absolute Gasteiger partial charge is 0.338 e. The second kappa shape index (κ2) is 7.21. The van der Waals surface area contributed by atoms with Crippen molar-refractivity contribution in [1.82, 2.24) is 5.16 Å². The molecule has 0 aliphatic carbocycles. The highest BCUT2D eigenvalue weighted by Gasteiger charge is 2.16. The first kappa shape index (κ1) is 17.2. The fourth-order valence-corrected chi connectivity index (χ4v) is 2.98. The molecule has 1 heterocycles. The molecular weight excluding hydrogens is 369 g/mol. The third-order valence-electron chi connectivity index (χ3n) is 4.16. The molecule has 0 saturated carbocycles. The van der Waals surface area contributed by atoms with Gasteiger partial charge in [-0.3, -0.25) is 0 Å². The van der Waals surface area contributed by atoms with Crippen molar-refractivity contribution in [2.45, 2.75) is 6.61 Å². The molecular formula is C21H13ClFNO3. The van der Waals surface area contributed by atoms with Crippen LogP contribution < -0.4 is 0 Å². The number of ether oxygens (including phenoxy) is 1. The Morgan fingerprint density at radius 2 is 1.89 bits per heavy atom. The summed E-state index contributed by atoms with van der Waals surface area (Å²) in [5, 5.41) is 4.92. The van der Waals surface area contributed by atoms with Crippen molar-refractivity contribution in [1.29, 1.82) is 0 Å². The lowest BCUT2D eigenvalue weighted by Gasteiger charge is -2.07. The third-order valence-corrected chi connectivity index (χ3v) is 4.51. The maximum atomic E-state index is 13.8. The summed E-state index contributed by atoms with van der Waals surface area (Å²) in [6.07, 6.45) is 0. The summed E-state index contributed by atoms with van der Waals surface area (Å²) in [6.45, 7) is -0.252. The SMILES string of the molecule is O=C(OCc1c(F)cccc1Cl)c1ccc2noc(-c3ccccc3)c2c1. The number of esters is 1. The van der Waals surface area contributed by atoms with Crippen molar-refractivity contribution >= 4 is 28.5 Å². The van der Waals surface area contributed by atoms with E-state index in [0.29, 0.717) is 22.2 Å². The summed E-state index contributed by atoms with van der Waals surface area (Å²) < 4.78 is 24.5. The second-order valence-electron chi connectivity index (χ2n) is 5.89. The van der Waals surface area contributed by atoms with Crippen molar-refractivity contribution in [3.63, 3.8) is 0 Å². The van der Waals surface area contributed by atoms with Gasteiger partial charge in [-0.05, 0) is 30.3 Å².